The molecule has 2 aromatic rings. The van der Waals surface area contributed by atoms with Gasteiger partial charge in [0.15, 0.2) is 0 Å². The second kappa shape index (κ2) is 5.55. The Morgan fingerprint density at radius 1 is 1.06 bits per heavy atom. The van der Waals surface area contributed by atoms with Crippen molar-refractivity contribution in [3.05, 3.63) is 51.5 Å². The van der Waals surface area contributed by atoms with E-state index >= 15 is 0 Å². The Hall–Kier alpha value is -1.32. The van der Waals surface area contributed by atoms with E-state index in [0.29, 0.717) is 28.1 Å². The third-order valence-corrected chi connectivity index (χ3v) is 3.33. The molecule has 94 valence electrons. The summed E-state index contributed by atoms with van der Waals surface area (Å²) in [5, 5.41) is 0.803. The monoisotopic (exact) mass is 282 g/mol. The van der Waals surface area contributed by atoms with Crippen molar-refractivity contribution in [2.24, 2.45) is 0 Å². The van der Waals surface area contributed by atoms with Crippen LogP contribution in [0.3, 0.4) is 0 Å². The van der Waals surface area contributed by atoms with Gasteiger partial charge >= 0.3 is 0 Å². The molecule has 0 aliphatic carbocycles. The van der Waals surface area contributed by atoms with Crippen LogP contribution in [0.15, 0.2) is 24.3 Å². The largest absolute Gasteiger partial charge is 0.497 e. The predicted octanol–water partition coefficient (Wildman–Crippen LogP) is 3.69. The van der Waals surface area contributed by atoms with Crippen molar-refractivity contribution in [3.63, 3.8) is 0 Å². The lowest BCUT2D eigenvalue weighted by atomic mass is 10.1. The molecular weight excluding hydrogens is 271 g/mol. The molecule has 1 heterocycles. The number of benzene rings is 1. The summed E-state index contributed by atoms with van der Waals surface area (Å²) in [5.41, 5.74) is 1.78. The first-order valence-electron chi connectivity index (χ1n) is 5.41. The van der Waals surface area contributed by atoms with Crippen molar-refractivity contribution in [2.45, 2.75) is 13.3 Å². The molecule has 0 fully saturated rings. The van der Waals surface area contributed by atoms with Crippen LogP contribution in [0.2, 0.25) is 10.3 Å². The van der Waals surface area contributed by atoms with E-state index in [1.54, 1.807) is 14.0 Å². The number of aromatic nitrogens is 2. The van der Waals surface area contributed by atoms with Crippen LogP contribution in [0.4, 0.5) is 0 Å². The van der Waals surface area contributed by atoms with Crippen molar-refractivity contribution < 1.29 is 4.74 Å². The lowest BCUT2D eigenvalue weighted by molar-refractivity contribution is 0.414. The van der Waals surface area contributed by atoms with Crippen LogP contribution >= 0.6 is 23.2 Å². The molecule has 1 aromatic carbocycles. The summed E-state index contributed by atoms with van der Waals surface area (Å²) in [5.74, 6) is 1.43. The highest BCUT2D eigenvalue weighted by Gasteiger charge is 2.08. The fraction of sp³-hybridized carbons (Fsp3) is 0.231. The zero-order chi connectivity index (χ0) is 13.1. The number of hydrogen-bond donors (Lipinski definition) is 0. The van der Waals surface area contributed by atoms with Crippen molar-refractivity contribution in [1.82, 2.24) is 9.97 Å². The van der Waals surface area contributed by atoms with Crippen LogP contribution in [0.5, 0.6) is 5.75 Å². The lowest BCUT2D eigenvalue weighted by Gasteiger charge is -2.05. The molecule has 0 unspecified atom stereocenters. The van der Waals surface area contributed by atoms with E-state index in [4.69, 9.17) is 27.9 Å². The number of methoxy groups -OCH3 is 1. The Morgan fingerprint density at radius 2 is 1.61 bits per heavy atom. The normalized spacial score (nSPS) is 10.4. The minimum absolute atomic E-state index is 0.401. The summed E-state index contributed by atoms with van der Waals surface area (Å²) >= 11 is 12.0. The highest BCUT2D eigenvalue weighted by molar-refractivity contribution is 6.34. The first-order chi connectivity index (χ1) is 8.60. The van der Waals surface area contributed by atoms with Crippen LogP contribution in [-0.4, -0.2) is 17.1 Å². The van der Waals surface area contributed by atoms with Gasteiger partial charge in [-0.15, -0.1) is 0 Å². The van der Waals surface area contributed by atoms with Crippen molar-refractivity contribution in [3.8, 4) is 5.75 Å². The number of halogens is 2. The zero-order valence-electron chi connectivity index (χ0n) is 10.1. The van der Waals surface area contributed by atoms with Gasteiger partial charge in [-0.3, -0.25) is 0 Å². The lowest BCUT2D eigenvalue weighted by Crippen LogP contribution is -1.99. The second-order valence-electron chi connectivity index (χ2n) is 3.87. The molecule has 0 aliphatic heterocycles. The van der Waals surface area contributed by atoms with Gasteiger partial charge in [0.25, 0.3) is 0 Å². The standard InChI is InChI=1S/C13H12Cl2N2O/c1-8-12(14)16-11(17-13(8)15)7-9-3-5-10(18-2)6-4-9/h3-6H,7H2,1-2H3. The molecule has 0 radical (unpaired) electrons. The zero-order valence-corrected chi connectivity index (χ0v) is 11.6. The van der Waals surface area contributed by atoms with E-state index in [2.05, 4.69) is 9.97 Å². The fourth-order valence-electron chi connectivity index (χ4n) is 1.51. The first kappa shape index (κ1) is 13.1. The maximum atomic E-state index is 5.98. The number of ether oxygens (including phenoxy) is 1. The van der Waals surface area contributed by atoms with Crippen molar-refractivity contribution in [2.75, 3.05) is 7.11 Å². The van der Waals surface area contributed by atoms with Gasteiger partial charge < -0.3 is 4.74 Å². The molecule has 3 nitrogen and oxygen atoms in total. The number of hydrogen-bond acceptors (Lipinski definition) is 3. The molecule has 5 heteroatoms. The Balaban J connectivity index is 2.23. The minimum Gasteiger partial charge on any atom is -0.497 e. The Morgan fingerprint density at radius 3 is 2.11 bits per heavy atom. The topological polar surface area (TPSA) is 35.0 Å². The number of nitrogens with zero attached hydrogens (tertiary/aromatic N) is 2. The van der Waals surface area contributed by atoms with Gasteiger partial charge in [0.05, 0.1) is 7.11 Å². The highest BCUT2D eigenvalue weighted by atomic mass is 35.5. The average molecular weight is 283 g/mol. The molecule has 0 N–H and O–H groups in total. The molecule has 1 aromatic heterocycles. The summed E-state index contributed by atoms with van der Waals surface area (Å²) in [6.45, 7) is 1.79. The maximum Gasteiger partial charge on any atom is 0.137 e. The number of rotatable bonds is 3. The molecule has 0 spiro atoms. The minimum atomic E-state index is 0.401. The van der Waals surface area contributed by atoms with Gasteiger partial charge in [-0.25, -0.2) is 9.97 Å². The first-order valence-corrected chi connectivity index (χ1v) is 6.17. The quantitative estimate of drug-likeness (QED) is 0.806. The fourth-order valence-corrected chi connectivity index (χ4v) is 1.93. The molecule has 0 atom stereocenters. The summed E-state index contributed by atoms with van der Waals surface area (Å²) in [6, 6.07) is 7.72. The summed E-state index contributed by atoms with van der Waals surface area (Å²) in [4.78, 5) is 8.42. The third-order valence-electron chi connectivity index (χ3n) is 2.59. The van der Waals surface area contributed by atoms with Gasteiger partial charge in [0, 0.05) is 12.0 Å². The van der Waals surface area contributed by atoms with Gasteiger partial charge in [0.2, 0.25) is 0 Å². The van der Waals surface area contributed by atoms with E-state index in [-0.39, 0.29) is 0 Å². The van der Waals surface area contributed by atoms with Crippen LogP contribution in [0.1, 0.15) is 17.0 Å². The van der Waals surface area contributed by atoms with Gasteiger partial charge in [0.1, 0.15) is 21.9 Å². The van der Waals surface area contributed by atoms with E-state index in [1.807, 2.05) is 24.3 Å². The molecule has 0 saturated heterocycles. The Bertz CT molecular complexity index is 532. The smallest absolute Gasteiger partial charge is 0.137 e. The molecule has 2 rings (SSSR count). The van der Waals surface area contributed by atoms with E-state index in [0.717, 1.165) is 11.3 Å². The van der Waals surface area contributed by atoms with E-state index < -0.39 is 0 Å². The second-order valence-corrected chi connectivity index (χ2v) is 4.59. The van der Waals surface area contributed by atoms with Crippen LogP contribution in [0.25, 0.3) is 0 Å². The van der Waals surface area contributed by atoms with Crippen molar-refractivity contribution in [1.29, 1.82) is 0 Å². The predicted molar refractivity (Wildman–Crippen MR) is 72.6 cm³/mol. The SMILES string of the molecule is COc1ccc(Cc2nc(Cl)c(C)c(Cl)n2)cc1. The molecule has 0 aliphatic rings. The maximum absolute atomic E-state index is 5.98. The highest BCUT2D eigenvalue weighted by Crippen LogP contribution is 2.21. The van der Waals surface area contributed by atoms with Crippen LogP contribution < -0.4 is 4.74 Å². The van der Waals surface area contributed by atoms with Crippen LogP contribution in [0, 0.1) is 6.92 Å². The summed E-state index contributed by atoms with van der Waals surface area (Å²) in [6.07, 6.45) is 0.587. The molecular formula is C13H12Cl2N2O. The molecule has 0 saturated carbocycles. The Labute approximate surface area is 116 Å². The van der Waals surface area contributed by atoms with E-state index in [1.165, 1.54) is 0 Å². The van der Waals surface area contributed by atoms with Gasteiger partial charge in [-0.05, 0) is 24.6 Å². The Kier molecular flexibility index (Phi) is 4.04. The molecule has 18 heavy (non-hydrogen) atoms. The third kappa shape index (κ3) is 2.92. The van der Waals surface area contributed by atoms with E-state index in [9.17, 15) is 0 Å². The molecule has 0 bridgehead atoms. The molecule has 0 amide bonds. The average Bonchev–Trinajstić information content (AvgIpc) is 2.37. The van der Waals surface area contributed by atoms with Gasteiger partial charge in [-0.1, -0.05) is 35.3 Å². The van der Waals surface area contributed by atoms with Crippen molar-refractivity contribution >= 4 is 23.2 Å². The van der Waals surface area contributed by atoms with Gasteiger partial charge in [-0.2, -0.15) is 0 Å². The summed E-state index contributed by atoms with van der Waals surface area (Å²) in [7, 11) is 1.64. The van der Waals surface area contributed by atoms with Crippen LogP contribution in [-0.2, 0) is 6.42 Å². The summed E-state index contributed by atoms with van der Waals surface area (Å²) < 4.78 is 5.10.